The van der Waals surface area contributed by atoms with Crippen LogP contribution in [0.3, 0.4) is 0 Å². The molecule has 2 aromatic rings. The summed E-state index contributed by atoms with van der Waals surface area (Å²) in [6.45, 7) is 6.36. The number of aryl methyl sites for hydroxylation is 1. The number of benzene rings is 1. The maximum absolute atomic E-state index is 6.39. The number of nitrogens with two attached hydrogens (primary N) is 1. The molecule has 19 heavy (non-hydrogen) atoms. The average molecular weight is 273 g/mol. The van der Waals surface area contributed by atoms with Crippen molar-refractivity contribution in [1.82, 2.24) is 0 Å². The summed E-state index contributed by atoms with van der Waals surface area (Å²) in [7, 11) is 0. The van der Waals surface area contributed by atoms with E-state index in [1.54, 1.807) is 11.3 Å². The van der Waals surface area contributed by atoms with Crippen LogP contribution in [0, 0.1) is 6.92 Å². The van der Waals surface area contributed by atoms with Crippen molar-refractivity contribution < 1.29 is 4.74 Å². The molecule has 100 valence electrons. The average Bonchev–Trinajstić information content (AvgIpc) is 2.88. The Balaban J connectivity index is 1.94. The molecule has 3 heteroatoms. The monoisotopic (exact) mass is 273 g/mol. The molecule has 1 aromatic heterocycles. The standard InChI is InChI=1S/C16H19NOS/c1-10-8-19-9-13(10)15(17)11-4-5-14-12(6-11)7-16(2,3)18-14/h4-6,8-9,15H,7,17H2,1-3H3. The number of fused-ring (bicyclic) bond motifs is 1. The zero-order valence-electron chi connectivity index (χ0n) is 11.6. The summed E-state index contributed by atoms with van der Waals surface area (Å²) >= 11 is 1.71. The first kappa shape index (κ1) is 12.7. The molecule has 2 nitrogen and oxygen atoms in total. The van der Waals surface area contributed by atoms with E-state index in [4.69, 9.17) is 10.5 Å². The Morgan fingerprint density at radius 1 is 1.32 bits per heavy atom. The van der Waals surface area contributed by atoms with Gasteiger partial charge >= 0.3 is 0 Å². The van der Waals surface area contributed by atoms with Crippen LogP contribution in [0.15, 0.2) is 29.0 Å². The Labute approximate surface area is 118 Å². The number of thiophene rings is 1. The van der Waals surface area contributed by atoms with Crippen molar-refractivity contribution in [2.75, 3.05) is 0 Å². The molecule has 1 aromatic carbocycles. The fourth-order valence-electron chi connectivity index (χ4n) is 2.69. The largest absolute Gasteiger partial charge is 0.487 e. The first-order valence-corrected chi connectivity index (χ1v) is 7.51. The fraction of sp³-hybridized carbons (Fsp3) is 0.375. The molecular weight excluding hydrogens is 254 g/mol. The normalized spacial score (nSPS) is 17.9. The number of rotatable bonds is 2. The van der Waals surface area contributed by atoms with Crippen molar-refractivity contribution in [1.29, 1.82) is 0 Å². The molecular formula is C16H19NOS. The van der Waals surface area contributed by atoms with Gasteiger partial charge in [0.2, 0.25) is 0 Å². The lowest BCUT2D eigenvalue weighted by atomic mass is 9.95. The van der Waals surface area contributed by atoms with E-state index in [-0.39, 0.29) is 11.6 Å². The van der Waals surface area contributed by atoms with E-state index < -0.39 is 0 Å². The summed E-state index contributed by atoms with van der Waals surface area (Å²) in [5.41, 5.74) is 11.2. The molecule has 2 N–H and O–H groups in total. The van der Waals surface area contributed by atoms with Crippen molar-refractivity contribution in [2.24, 2.45) is 5.73 Å². The second-order valence-corrected chi connectivity index (χ2v) is 6.64. The second-order valence-electron chi connectivity index (χ2n) is 5.89. The SMILES string of the molecule is Cc1cscc1C(N)c1ccc2c(c1)CC(C)(C)O2. The van der Waals surface area contributed by atoms with E-state index in [1.807, 2.05) is 0 Å². The molecule has 0 radical (unpaired) electrons. The third-order valence-corrected chi connectivity index (χ3v) is 4.56. The summed E-state index contributed by atoms with van der Waals surface area (Å²) in [5.74, 6) is 1.00. The van der Waals surface area contributed by atoms with Gasteiger partial charge in [-0.3, -0.25) is 0 Å². The van der Waals surface area contributed by atoms with Crippen molar-refractivity contribution in [3.8, 4) is 5.75 Å². The highest BCUT2D eigenvalue weighted by atomic mass is 32.1. The van der Waals surface area contributed by atoms with Gasteiger partial charge in [0.1, 0.15) is 11.4 Å². The first-order chi connectivity index (χ1) is 8.96. The summed E-state index contributed by atoms with van der Waals surface area (Å²) in [6, 6.07) is 6.30. The Bertz CT molecular complexity index is 615. The molecule has 0 bridgehead atoms. The Morgan fingerprint density at radius 3 is 2.79 bits per heavy atom. The smallest absolute Gasteiger partial charge is 0.123 e. The number of ether oxygens (including phenoxy) is 1. The molecule has 1 aliphatic heterocycles. The molecule has 0 fully saturated rings. The van der Waals surface area contributed by atoms with Gasteiger partial charge in [-0.25, -0.2) is 0 Å². The van der Waals surface area contributed by atoms with E-state index in [0.29, 0.717) is 0 Å². The summed E-state index contributed by atoms with van der Waals surface area (Å²) in [5, 5.41) is 4.29. The van der Waals surface area contributed by atoms with Gasteiger partial charge in [0, 0.05) is 6.42 Å². The van der Waals surface area contributed by atoms with Gasteiger partial charge in [-0.2, -0.15) is 11.3 Å². The lowest BCUT2D eigenvalue weighted by molar-refractivity contribution is 0.138. The third kappa shape index (κ3) is 2.28. The minimum Gasteiger partial charge on any atom is -0.487 e. The van der Waals surface area contributed by atoms with Gasteiger partial charge < -0.3 is 10.5 Å². The Kier molecular flexibility index (Phi) is 2.91. The zero-order chi connectivity index (χ0) is 13.6. The summed E-state index contributed by atoms with van der Waals surface area (Å²) in [4.78, 5) is 0. The summed E-state index contributed by atoms with van der Waals surface area (Å²) in [6.07, 6.45) is 0.950. The van der Waals surface area contributed by atoms with Crippen molar-refractivity contribution in [2.45, 2.75) is 38.8 Å². The third-order valence-electron chi connectivity index (χ3n) is 3.68. The minimum absolute atomic E-state index is 0.0414. The maximum atomic E-state index is 6.39. The van der Waals surface area contributed by atoms with Crippen LogP contribution >= 0.6 is 11.3 Å². The minimum atomic E-state index is -0.0939. The second kappa shape index (κ2) is 4.36. The van der Waals surface area contributed by atoms with Gasteiger partial charge in [0.15, 0.2) is 0 Å². The maximum Gasteiger partial charge on any atom is 0.123 e. The molecule has 0 aliphatic carbocycles. The zero-order valence-corrected chi connectivity index (χ0v) is 12.4. The van der Waals surface area contributed by atoms with Crippen LogP contribution in [0.4, 0.5) is 0 Å². The van der Waals surface area contributed by atoms with E-state index >= 15 is 0 Å². The molecule has 0 saturated carbocycles. The van der Waals surface area contributed by atoms with E-state index in [2.05, 4.69) is 49.7 Å². The van der Waals surface area contributed by atoms with Crippen LogP contribution in [0.1, 0.15) is 42.1 Å². The van der Waals surface area contributed by atoms with Crippen molar-refractivity contribution in [3.05, 3.63) is 51.2 Å². The topological polar surface area (TPSA) is 35.2 Å². The van der Waals surface area contributed by atoms with Crippen molar-refractivity contribution >= 4 is 11.3 Å². The van der Waals surface area contributed by atoms with Crippen LogP contribution in [0.2, 0.25) is 0 Å². The van der Waals surface area contributed by atoms with Crippen LogP contribution < -0.4 is 10.5 Å². The van der Waals surface area contributed by atoms with Gasteiger partial charge in [-0.15, -0.1) is 0 Å². The molecule has 1 atom stereocenters. The van der Waals surface area contributed by atoms with E-state index in [9.17, 15) is 0 Å². The highest BCUT2D eigenvalue weighted by molar-refractivity contribution is 7.08. The molecule has 1 unspecified atom stereocenters. The lowest BCUT2D eigenvalue weighted by Gasteiger charge is -2.16. The van der Waals surface area contributed by atoms with Gasteiger partial charge in [-0.1, -0.05) is 12.1 Å². The van der Waals surface area contributed by atoms with Crippen LogP contribution in [-0.2, 0) is 6.42 Å². The predicted octanol–water partition coefficient (Wildman–Crippen LogP) is 3.82. The summed E-state index contributed by atoms with van der Waals surface area (Å²) < 4.78 is 5.90. The Hall–Kier alpha value is -1.32. The quantitative estimate of drug-likeness (QED) is 0.903. The highest BCUT2D eigenvalue weighted by Crippen LogP contribution is 2.37. The molecule has 0 amide bonds. The van der Waals surface area contributed by atoms with Crippen LogP contribution in [-0.4, -0.2) is 5.60 Å². The molecule has 3 rings (SSSR count). The number of hydrogen-bond donors (Lipinski definition) is 1. The van der Waals surface area contributed by atoms with Gasteiger partial charge in [0.05, 0.1) is 6.04 Å². The highest BCUT2D eigenvalue weighted by Gasteiger charge is 2.30. The number of hydrogen-bond acceptors (Lipinski definition) is 3. The molecule has 0 saturated heterocycles. The predicted molar refractivity (Wildman–Crippen MR) is 79.9 cm³/mol. The van der Waals surface area contributed by atoms with Crippen molar-refractivity contribution in [3.63, 3.8) is 0 Å². The van der Waals surface area contributed by atoms with Gasteiger partial charge in [0.25, 0.3) is 0 Å². The fourth-order valence-corrected chi connectivity index (χ4v) is 3.58. The van der Waals surface area contributed by atoms with Gasteiger partial charge in [-0.05, 0) is 59.9 Å². The lowest BCUT2D eigenvalue weighted by Crippen LogP contribution is -2.24. The van der Waals surface area contributed by atoms with Crippen LogP contribution in [0.25, 0.3) is 0 Å². The molecule has 2 heterocycles. The Morgan fingerprint density at radius 2 is 2.11 bits per heavy atom. The molecule has 1 aliphatic rings. The van der Waals surface area contributed by atoms with Crippen LogP contribution in [0.5, 0.6) is 5.75 Å². The molecule has 0 spiro atoms. The van der Waals surface area contributed by atoms with E-state index in [1.165, 1.54) is 22.3 Å². The van der Waals surface area contributed by atoms with E-state index in [0.717, 1.165) is 12.2 Å². The first-order valence-electron chi connectivity index (χ1n) is 6.56.